The van der Waals surface area contributed by atoms with Crippen molar-refractivity contribution in [3.05, 3.63) is 22.2 Å². The highest BCUT2D eigenvalue weighted by molar-refractivity contribution is 6.32. The van der Waals surface area contributed by atoms with Crippen LogP contribution in [0.25, 0.3) is 0 Å². The highest BCUT2D eigenvalue weighted by Gasteiger charge is 2.43. The molecule has 0 amide bonds. The van der Waals surface area contributed by atoms with Gasteiger partial charge in [-0.1, -0.05) is 11.6 Å². The molecule has 4 heteroatoms. The summed E-state index contributed by atoms with van der Waals surface area (Å²) in [6.45, 7) is 2.03. The molecule has 1 saturated carbocycles. The molecule has 92 valence electrons. The minimum atomic E-state index is -0.245. The first-order valence-corrected chi connectivity index (χ1v) is 6.28. The summed E-state index contributed by atoms with van der Waals surface area (Å²) in [5.41, 5.74) is 8.05. The molecule has 17 heavy (non-hydrogen) atoms. The Labute approximate surface area is 106 Å². The number of rotatable bonds is 2. The molecule has 3 nitrogen and oxygen atoms in total. The lowest BCUT2D eigenvalue weighted by atomic mass is 9.99. The third-order valence-electron chi connectivity index (χ3n) is 3.63. The molecule has 0 bridgehead atoms. The number of fused-ring (bicyclic) bond motifs is 1. The lowest BCUT2D eigenvalue weighted by molar-refractivity contribution is 0.243. The average molecular weight is 254 g/mol. The Morgan fingerprint density at radius 1 is 1.53 bits per heavy atom. The molecule has 1 aliphatic carbocycles. The van der Waals surface area contributed by atoms with Crippen LogP contribution in [-0.4, -0.2) is 13.2 Å². The fourth-order valence-corrected chi connectivity index (χ4v) is 2.84. The lowest BCUT2D eigenvalue weighted by Crippen LogP contribution is -2.19. The average Bonchev–Trinajstić information content (AvgIpc) is 2.89. The molecule has 1 aliphatic heterocycles. The van der Waals surface area contributed by atoms with Gasteiger partial charge >= 0.3 is 0 Å². The molecule has 0 saturated heterocycles. The third-order valence-corrected chi connectivity index (χ3v) is 4.06. The fraction of sp³-hybridized carbons (Fsp3) is 0.538. The van der Waals surface area contributed by atoms with Gasteiger partial charge in [0, 0.05) is 17.5 Å². The molecular weight excluding hydrogens is 238 g/mol. The fourth-order valence-electron chi connectivity index (χ4n) is 2.43. The largest absolute Gasteiger partial charge is 0.493 e. The Morgan fingerprint density at radius 3 is 2.82 bits per heavy atom. The number of halogens is 1. The Hall–Kier alpha value is -0.930. The van der Waals surface area contributed by atoms with Gasteiger partial charge in [0.25, 0.3) is 0 Å². The van der Waals surface area contributed by atoms with Crippen molar-refractivity contribution >= 4 is 11.6 Å². The summed E-state index contributed by atoms with van der Waals surface area (Å²) in [7, 11) is 1.65. The van der Waals surface area contributed by atoms with Crippen molar-refractivity contribution in [3.8, 4) is 11.5 Å². The molecule has 1 aromatic rings. The molecule has 1 aromatic carbocycles. The summed E-state index contributed by atoms with van der Waals surface area (Å²) in [4.78, 5) is 0. The van der Waals surface area contributed by atoms with E-state index < -0.39 is 0 Å². The highest BCUT2D eigenvalue weighted by atomic mass is 35.5. The van der Waals surface area contributed by atoms with Crippen molar-refractivity contribution in [1.82, 2.24) is 0 Å². The number of ether oxygens (including phenoxy) is 2. The van der Waals surface area contributed by atoms with Crippen LogP contribution < -0.4 is 15.2 Å². The van der Waals surface area contributed by atoms with Crippen LogP contribution >= 0.6 is 11.6 Å². The van der Waals surface area contributed by atoms with Crippen LogP contribution in [0.2, 0.25) is 5.02 Å². The van der Waals surface area contributed by atoms with Crippen molar-refractivity contribution in [3.63, 3.8) is 0 Å². The van der Waals surface area contributed by atoms with Crippen molar-refractivity contribution in [2.75, 3.05) is 7.11 Å². The topological polar surface area (TPSA) is 44.5 Å². The second-order valence-electron chi connectivity index (χ2n) is 5.04. The van der Waals surface area contributed by atoms with Crippen LogP contribution in [0.5, 0.6) is 11.5 Å². The van der Waals surface area contributed by atoms with Crippen LogP contribution in [0.3, 0.4) is 0 Å². The van der Waals surface area contributed by atoms with Crippen LogP contribution in [0.15, 0.2) is 6.07 Å². The van der Waals surface area contributed by atoms with E-state index in [-0.39, 0.29) is 11.6 Å². The van der Waals surface area contributed by atoms with Gasteiger partial charge in [-0.3, -0.25) is 0 Å². The number of hydrogen-bond donors (Lipinski definition) is 1. The minimum Gasteiger partial charge on any atom is -0.493 e. The Balaban J connectivity index is 2.17. The molecule has 0 spiro atoms. The summed E-state index contributed by atoms with van der Waals surface area (Å²) in [5.74, 6) is 1.54. The zero-order valence-corrected chi connectivity index (χ0v) is 10.8. The first kappa shape index (κ1) is 11.2. The van der Waals surface area contributed by atoms with Gasteiger partial charge < -0.3 is 15.2 Å². The van der Waals surface area contributed by atoms with Gasteiger partial charge in [0.15, 0.2) is 11.5 Å². The van der Waals surface area contributed by atoms with Crippen molar-refractivity contribution in [1.29, 1.82) is 0 Å². The van der Waals surface area contributed by atoms with Gasteiger partial charge in [-0.05, 0) is 31.4 Å². The predicted molar refractivity (Wildman–Crippen MR) is 66.9 cm³/mol. The van der Waals surface area contributed by atoms with Gasteiger partial charge in [-0.15, -0.1) is 0 Å². The minimum absolute atomic E-state index is 0.152. The summed E-state index contributed by atoms with van der Waals surface area (Å²) < 4.78 is 11.1. The van der Waals surface area contributed by atoms with Crippen molar-refractivity contribution in [2.45, 2.75) is 37.8 Å². The van der Waals surface area contributed by atoms with E-state index >= 15 is 0 Å². The van der Waals surface area contributed by atoms with E-state index in [0.29, 0.717) is 0 Å². The maximum Gasteiger partial charge on any atom is 0.166 e. The van der Waals surface area contributed by atoms with Crippen LogP contribution in [0.4, 0.5) is 0 Å². The number of methoxy groups -OCH3 is 1. The number of benzene rings is 1. The molecule has 1 heterocycles. The molecule has 1 unspecified atom stereocenters. The summed E-state index contributed by atoms with van der Waals surface area (Å²) in [5, 5.41) is 0.769. The van der Waals surface area contributed by atoms with E-state index in [2.05, 4.69) is 0 Å². The van der Waals surface area contributed by atoms with Crippen LogP contribution in [0, 0.1) is 0 Å². The Kier molecular flexibility index (Phi) is 2.32. The quantitative estimate of drug-likeness (QED) is 0.881. The van der Waals surface area contributed by atoms with Crippen LogP contribution in [-0.2, 0) is 12.0 Å². The van der Waals surface area contributed by atoms with Crippen molar-refractivity contribution in [2.24, 2.45) is 5.73 Å². The zero-order chi connectivity index (χ0) is 12.2. The summed E-state index contributed by atoms with van der Waals surface area (Å²) >= 11 is 6.46. The molecule has 3 rings (SSSR count). The van der Waals surface area contributed by atoms with Gasteiger partial charge in [-0.2, -0.15) is 0 Å². The maximum absolute atomic E-state index is 6.46. The predicted octanol–water partition coefficient (Wildman–Crippen LogP) is 2.62. The smallest absolute Gasteiger partial charge is 0.166 e. The molecule has 0 radical (unpaired) electrons. The van der Waals surface area contributed by atoms with E-state index in [1.807, 2.05) is 13.0 Å². The molecular formula is C13H16ClNO2. The van der Waals surface area contributed by atoms with E-state index in [0.717, 1.165) is 46.9 Å². The third kappa shape index (κ3) is 1.60. The zero-order valence-electron chi connectivity index (χ0n) is 10.0. The first-order chi connectivity index (χ1) is 8.05. The summed E-state index contributed by atoms with van der Waals surface area (Å²) in [6.07, 6.45) is 2.96. The molecule has 2 aliphatic rings. The van der Waals surface area contributed by atoms with Gasteiger partial charge in [0.1, 0.15) is 6.10 Å². The van der Waals surface area contributed by atoms with Gasteiger partial charge in [-0.25, -0.2) is 0 Å². The highest BCUT2D eigenvalue weighted by Crippen LogP contribution is 2.52. The standard InChI is InChI=1S/C13H16ClNO2/c1-7-5-8-11(14)9(13(15)3-4-13)6-10(16-2)12(8)17-7/h6-7H,3-5,15H2,1-2H3. The monoisotopic (exact) mass is 253 g/mol. The molecule has 2 N–H and O–H groups in total. The van der Waals surface area contributed by atoms with Gasteiger partial charge in [0.05, 0.1) is 12.1 Å². The molecule has 1 fully saturated rings. The normalized spacial score (nSPS) is 24.1. The Morgan fingerprint density at radius 2 is 2.24 bits per heavy atom. The van der Waals surface area contributed by atoms with E-state index in [1.54, 1.807) is 7.11 Å². The first-order valence-electron chi connectivity index (χ1n) is 5.90. The van der Waals surface area contributed by atoms with E-state index in [9.17, 15) is 0 Å². The molecule has 0 aromatic heterocycles. The SMILES string of the molecule is COc1cc(C2(N)CC2)c(Cl)c2c1OC(C)C2. The van der Waals surface area contributed by atoms with Crippen molar-refractivity contribution < 1.29 is 9.47 Å². The Bertz CT molecular complexity index is 483. The lowest BCUT2D eigenvalue weighted by Gasteiger charge is -2.16. The van der Waals surface area contributed by atoms with E-state index in [4.69, 9.17) is 26.8 Å². The second-order valence-corrected chi connectivity index (χ2v) is 5.41. The second kappa shape index (κ2) is 3.53. The number of nitrogens with two attached hydrogens (primary N) is 1. The van der Waals surface area contributed by atoms with Crippen LogP contribution in [0.1, 0.15) is 30.9 Å². The summed E-state index contributed by atoms with van der Waals surface area (Å²) in [6, 6.07) is 1.94. The number of hydrogen-bond acceptors (Lipinski definition) is 3. The molecule has 1 atom stereocenters. The van der Waals surface area contributed by atoms with E-state index in [1.165, 1.54) is 0 Å². The van der Waals surface area contributed by atoms with Gasteiger partial charge in [0.2, 0.25) is 0 Å². The maximum atomic E-state index is 6.46.